The van der Waals surface area contributed by atoms with Gasteiger partial charge >= 0.3 is 0 Å². The van der Waals surface area contributed by atoms with E-state index in [-0.39, 0.29) is 5.78 Å². The molecule has 0 aliphatic carbocycles. The lowest BCUT2D eigenvalue weighted by atomic mass is 9.73. The Kier molecular flexibility index (Phi) is 5.63. The monoisotopic (exact) mass is 547 g/mol. The molecule has 0 radical (unpaired) electrons. The van der Waals surface area contributed by atoms with Gasteiger partial charge in [-0.3, -0.25) is 4.79 Å². The predicted molar refractivity (Wildman–Crippen MR) is 112 cm³/mol. The van der Waals surface area contributed by atoms with E-state index in [1.54, 1.807) is 0 Å². The number of hydrogen-bond donors (Lipinski definition) is 1. The smallest absolute Gasteiger partial charge is 0.170 e. The number of carbonyl (C=O) groups is 1. The van der Waals surface area contributed by atoms with E-state index in [0.29, 0.717) is 18.5 Å². The van der Waals surface area contributed by atoms with Gasteiger partial charge in [0.1, 0.15) is 5.60 Å². The van der Waals surface area contributed by atoms with Crippen molar-refractivity contribution in [3.63, 3.8) is 0 Å². The van der Waals surface area contributed by atoms with Gasteiger partial charge in [-0.05, 0) is 88.5 Å². The van der Waals surface area contributed by atoms with Crippen LogP contribution in [0.1, 0.15) is 22.3 Å². The van der Waals surface area contributed by atoms with Crippen molar-refractivity contribution in [1.29, 1.82) is 0 Å². The first-order valence-electron chi connectivity index (χ1n) is 7.87. The van der Waals surface area contributed by atoms with Crippen LogP contribution < -0.4 is 0 Å². The molecule has 126 valence electrons. The molecule has 0 aromatic heterocycles. The summed E-state index contributed by atoms with van der Waals surface area (Å²) in [6.45, 7) is 1.34. The lowest BCUT2D eigenvalue weighted by molar-refractivity contribution is -0.0594. The first-order chi connectivity index (χ1) is 11.4. The van der Waals surface area contributed by atoms with Gasteiger partial charge in [0.25, 0.3) is 0 Å². The third-order valence-electron chi connectivity index (χ3n) is 4.73. The van der Waals surface area contributed by atoms with E-state index in [9.17, 15) is 9.90 Å². The number of halogens is 2. The Hall–Kier alpha value is -0.510. The molecule has 1 heterocycles. The van der Waals surface area contributed by atoms with Crippen molar-refractivity contribution in [2.75, 3.05) is 20.1 Å². The van der Waals surface area contributed by atoms with E-state index in [2.05, 4.69) is 50.1 Å². The third-order valence-corrected chi connectivity index (χ3v) is 6.17. The number of ketones is 1. The number of likely N-dealkylation sites (tertiary alicyclic amines) is 1. The zero-order chi connectivity index (χ0) is 17.3. The predicted octanol–water partition coefficient (Wildman–Crippen LogP) is 3.92. The fourth-order valence-electron chi connectivity index (χ4n) is 3.29. The van der Waals surface area contributed by atoms with E-state index < -0.39 is 11.5 Å². The van der Waals surface area contributed by atoms with Gasteiger partial charge in [0.2, 0.25) is 0 Å². The molecule has 3 rings (SSSR count). The number of hydrogen-bond acceptors (Lipinski definition) is 3. The van der Waals surface area contributed by atoms with E-state index in [1.165, 1.54) is 0 Å². The van der Waals surface area contributed by atoms with Crippen molar-refractivity contribution >= 4 is 51.0 Å². The topological polar surface area (TPSA) is 40.5 Å². The summed E-state index contributed by atoms with van der Waals surface area (Å²) in [5.74, 6) is -0.449. The number of piperidine rings is 1. The molecule has 0 unspecified atom stereocenters. The van der Waals surface area contributed by atoms with Crippen LogP contribution in [0.25, 0.3) is 0 Å². The Labute approximate surface area is 169 Å². The van der Waals surface area contributed by atoms with Gasteiger partial charge in [0, 0.05) is 25.8 Å². The number of Topliss-reactive ketones (excluding diaryl/α,β-unsaturated/α-hetero) is 1. The van der Waals surface area contributed by atoms with Gasteiger partial charge in [-0.15, -0.1) is 0 Å². The van der Waals surface area contributed by atoms with E-state index >= 15 is 0 Å². The number of benzene rings is 2. The minimum atomic E-state index is -1.11. The second-order valence-corrected chi connectivity index (χ2v) is 8.86. The van der Waals surface area contributed by atoms with Gasteiger partial charge in [-0.1, -0.05) is 24.3 Å². The molecule has 0 saturated carbocycles. The summed E-state index contributed by atoms with van der Waals surface area (Å²) < 4.78 is 2.21. The van der Waals surface area contributed by atoms with Crippen molar-refractivity contribution in [1.82, 2.24) is 4.90 Å². The molecule has 1 fully saturated rings. The second kappa shape index (κ2) is 7.39. The molecule has 2 atom stereocenters. The van der Waals surface area contributed by atoms with Crippen LogP contribution in [0.2, 0.25) is 0 Å². The molecule has 2 aromatic carbocycles. The largest absolute Gasteiger partial charge is 0.384 e. The summed E-state index contributed by atoms with van der Waals surface area (Å²) in [6, 6.07) is 15.4. The van der Waals surface area contributed by atoms with Crippen molar-refractivity contribution < 1.29 is 9.90 Å². The van der Waals surface area contributed by atoms with Crippen LogP contribution in [-0.2, 0) is 5.60 Å². The summed E-state index contributed by atoms with van der Waals surface area (Å²) in [6.07, 6.45) is 0.560. The van der Waals surface area contributed by atoms with Crippen LogP contribution in [0, 0.1) is 13.1 Å². The molecule has 0 spiro atoms. The van der Waals surface area contributed by atoms with Gasteiger partial charge < -0.3 is 10.0 Å². The van der Waals surface area contributed by atoms with Crippen LogP contribution in [0.3, 0.4) is 0 Å². The molecule has 24 heavy (non-hydrogen) atoms. The Balaban J connectivity index is 1.98. The number of nitrogens with zero attached hydrogens (tertiary/aromatic N) is 1. The first kappa shape index (κ1) is 18.3. The van der Waals surface area contributed by atoms with Gasteiger partial charge in [0.15, 0.2) is 5.78 Å². The number of aliphatic hydroxyl groups is 1. The minimum absolute atomic E-state index is 0.0130. The quantitative estimate of drug-likeness (QED) is 0.469. The van der Waals surface area contributed by atoms with E-state index in [0.717, 1.165) is 19.2 Å². The molecule has 5 heteroatoms. The lowest BCUT2D eigenvalue weighted by Crippen LogP contribution is -2.52. The molecule has 1 saturated heterocycles. The number of carbonyl (C=O) groups excluding carboxylic acids is 1. The van der Waals surface area contributed by atoms with Crippen LogP contribution in [0.15, 0.2) is 48.5 Å². The molecule has 0 bridgehead atoms. The van der Waals surface area contributed by atoms with Crippen molar-refractivity contribution in [2.24, 2.45) is 5.92 Å². The maximum Gasteiger partial charge on any atom is 0.170 e. The lowest BCUT2D eigenvalue weighted by Gasteiger charge is -2.43. The third kappa shape index (κ3) is 3.68. The molecule has 1 N–H and O–H groups in total. The molecular formula is C19H19I2NO2. The highest BCUT2D eigenvalue weighted by molar-refractivity contribution is 14.1. The SMILES string of the molecule is CN1CC[C@@](O)(c2ccc(I)cc2)[C@H](C(=O)c2ccc(I)cc2)C1. The Morgan fingerprint density at radius 2 is 1.62 bits per heavy atom. The zero-order valence-electron chi connectivity index (χ0n) is 13.4. The molecule has 0 amide bonds. The average Bonchev–Trinajstić information content (AvgIpc) is 2.58. The van der Waals surface area contributed by atoms with Crippen molar-refractivity contribution in [2.45, 2.75) is 12.0 Å². The zero-order valence-corrected chi connectivity index (χ0v) is 17.7. The van der Waals surface area contributed by atoms with Crippen LogP contribution >= 0.6 is 45.2 Å². The fraction of sp³-hybridized carbons (Fsp3) is 0.316. The standard InChI is InChI=1S/C19H19I2NO2/c1-22-11-10-19(24,14-4-8-16(21)9-5-14)17(12-22)18(23)13-2-6-15(20)7-3-13/h2-9,17,24H,10-12H2,1H3/t17-,19+/m0/s1. The van der Waals surface area contributed by atoms with Gasteiger partial charge in [-0.2, -0.15) is 0 Å². The van der Waals surface area contributed by atoms with Crippen molar-refractivity contribution in [3.05, 3.63) is 66.8 Å². The maximum atomic E-state index is 13.1. The summed E-state index contributed by atoms with van der Waals surface area (Å²) in [5.41, 5.74) is 0.385. The fourth-order valence-corrected chi connectivity index (χ4v) is 4.01. The van der Waals surface area contributed by atoms with Crippen LogP contribution in [0.5, 0.6) is 0 Å². The highest BCUT2D eigenvalue weighted by atomic mass is 127. The summed E-state index contributed by atoms with van der Waals surface area (Å²) in [4.78, 5) is 15.2. The number of rotatable bonds is 3. The molecule has 1 aliphatic rings. The normalized spacial score (nSPS) is 24.8. The summed E-state index contributed by atoms with van der Waals surface area (Å²) in [7, 11) is 2.00. The molecule has 2 aromatic rings. The van der Waals surface area contributed by atoms with Crippen molar-refractivity contribution in [3.8, 4) is 0 Å². The summed E-state index contributed by atoms with van der Waals surface area (Å²) in [5, 5.41) is 11.4. The molecule has 1 aliphatic heterocycles. The maximum absolute atomic E-state index is 13.1. The highest BCUT2D eigenvalue weighted by Crippen LogP contribution is 2.39. The van der Waals surface area contributed by atoms with Crippen LogP contribution in [-0.4, -0.2) is 35.9 Å². The Morgan fingerprint density at radius 3 is 2.21 bits per heavy atom. The average molecular weight is 547 g/mol. The molecule has 3 nitrogen and oxygen atoms in total. The van der Waals surface area contributed by atoms with Gasteiger partial charge in [0.05, 0.1) is 5.92 Å². The Bertz CT molecular complexity index is 730. The summed E-state index contributed by atoms with van der Waals surface area (Å²) >= 11 is 4.48. The Morgan fingerprint density at radius 1 is 1.08 bits per heavy atom. The minimum Gasteiger partial charge on any atom is -0.384 e. The second-order valence-electron chi connectivity index (χ2n) is 6.37. The van der Waals surface area contributed by atoms with Crippen LogP contribution in [0.4, 0.5) is 0 Å². The highest BCUT2D eigenvalue weighted by Gasteiger charge is 2.46. The van der Waals surface area contributed by atoms with E-state index in [1.807, 2.05) is 55.6 Å². The van der Waals surface area contributed by atoms with Gasteiger partial charge in [-0.25, -0.2) is 0 Å². The molecular weight excluding hydrogens is 528 g/mol. The first-order valence-corrected chi connectivity index (χ1v) is 10.0. The van der Waals surface area contributed by atoms with E-state index in [4.69, 9.17) is 0 Å².